The zero-order chi connectivity index (χ0) is 17.9. The van der Waals surface area contributed by atoms with E-state index in [9.17, 15) is 8.42 Å². The molecular formula is C18H19Cl2NO3S. The fourth-order valence-corrected chi connectivity index (χ4v) is 4.86. The minimum absolute atomic E-state index is 0.0243. The van der Waals surface area contributed by atoms with Crippen LogP contribution in [0.5, 0.6) is 0 Å². The molecule has 1 fully saturated rings. The number of hydrogen-bond acceptors (Lipinski definition) is 3. The van der Waals surface area contributed by atoms with E-state index in [0.717, 1.165) is 11.1 Å². The Bertz CT molecular complexity index is 827. The maximum Gasteiger partial charge on any atom is 0.217 e. The fourth-order valence-electron chi connectivity index (χ4n) is 2.90. The van der Waals surface area contributed by atoms with E-state index >= 15 is 0 Å². The smallest absolute Gasteiger partial charge is 0.217 e. The number of nitrogens with zero attached hydrogens (tertiary/aromatic N) is 1. The summed E-state index contributed by atoms with van der Waals surface area (Å²) in [4.78, 5) is 0. The summed E-state index contributed by atoms with van der Waals surface area (Å²) in [6, 6.07) is 14.7. The molecule has 0 N–H and O–H groups in total. The first-order chi connectivity index (χ1) is 12.0. The first-order valence-corrected chi connectivity index (χ1v) is 10.4. The van der Waals surface area contributed by atoms with E-state index in [1.54, 1.807) is 18.2 Å². The zero-order valence-electron chi connectivity index (χ0n) is 13.6. The highest BCUT2D eigenvalue weighted by Crippen LogP contribution is 2.26. The summed E-state index contributed by atoms with van der Waals surface area (Å²) >= 11 is 12.2. The second-order valence-corrected chi connectivity index (χ2v) is 8.90. The third kappa shape index (κ3) is 4.74. The van der Waals surface area contributed by atoms with Gasteiger partial charge in [0, 0.05) is 16.6 Å². The number of sulfonamides is 1. The molecule has 1 heterocycles. The summed E-state index contributed by atoms with van der Waals surface area (Å²) in [5.74, 6) is -0.0243. The molecule has 1 aliphatic rings. The molecule has 1 aliphatic heterocycles. The molecule has 4 nitrogen and oxygen atoms in total. The molecule has 0 radical (unpaired) electrons. The molecular weight excluding hydrogens is 381 g/mol. The number of rotatable bonds is 4. The Labute approximate surface area is 158 Å². The van der Waals surface area contributed by atoms with Gasteiger partial charge in [0.1, 0.15) is 0 Å². The van der Waals surface area contributed by atoms with Gasteiger partial charge >= 0.3 is 0 Å². The molecule has 0 saturated carbocycles. The Morgan fingerprint density at radius 1 is 1.12 bits per heavy atom. The van der Waals surface area contributed by atoms with E-state index in [1.807, 2.05) is 30.3 Å². The van der Waals surface area contributed by atoms with Gasteiger partial charge in [0.2, 0.25) is 10.0 Å². The van der Waals surface area contributed by atoms with Crippen molar-refractivity contribution in [2.45, 2.75) is 19.0 Å². The minimum Gasteiger partial charge on any atom is -0.379 e. The van der Waals surface area contributed by atoms with Crippen molar-refractivity contribution in [3.05, 3.63) is 69.7 Å². The molecule has 0 aliphatic carbocycles. The van der Waals surface area contributed by atoms with Gasteiger partial charge < -0.3 is 4.74 Å². The second-order valence-electron chi connectivity index (χ2n) is 6.02. The Hall–Kier alpha value is -1.11. The maximum absolute atomic E-state index is 12.8. The quantitative estimate of drug-likeness (QED) is 0.785. The second kappa shape index (κ2) is 8.06. The Balaban J connectivity index is 1.90. The van der Waals surface area contributed by atoms with Crippen LogP contribution in [0.3, 0.4) is 0 Å². The minimum atomic E-state index is -3.44. The highest BCUT2D eigenvalue weighted by molar-refractivity contribution is 7.89. The summed E-state index contributed by atoms with van der Waals surface area (Å²) in [5.41, 5.74) is 1.80. The van der Waals surface area contributed by atoms with Gasteiger partial charge in [-0.2, -0.15) is 4.31 Å². The van der Waals surface area contributed by atoms with Crippen LogP contribution in [0, 0.1) is 0 Å². The molecule has 1 atom stereocenters. The molecule has 0 spiro atoms. The van der Waals surface area contributed by atoms with E-state index in [0.29, 0.717) is 23.1 Å². The lowest BCUT2D eigenvalue weighted by Crippen LogP contribution is -2.42. The molecule has 134 valence electrons. The highest BCUT2D eigenvalue weighted by Gasteiger charge is 2.33. The van der Waals surface area contributed by atoms with Crippen LogP contribution in [-0.2, 0) is 27.7 Å². The number of hydrogen-bond donors (Lipinski definition) is 0. The molecule has 0 bridgehead atoms. The van der Waals surface area contributed by atoms with Crippen LogP contribution in [0.2, 0.25) is 10.0 Å². The third-order valence-corrected chi connectivity index (χ3v) is 6.63. The van der Waals surface area contributed by atoms with Crippen LogP contribution in [-0.4, -0.2) is 37.7 Å². The van der Waals surface area contributed by atoms with Gasteiger partial charge in [-0.25, -0.2) is 8.42 Å². The average molecular weight is 400 g/mol. The molecule has 0 aromatic heterocycles. The topological polar surface area (TPSA) is 46.6 Å². The monoisotopic (exact) mass is 399 g/mol. The van der Waals surface area contributed by atoms with Gasteiger partial charge in [-0.3, -0.25) is 0 Å². The fraction of sp³-hybridized carbons (Fsp3) is 0.333. The molecule has 3 rings (SSSR count). The Kier molecular flexibility index (Phi) is 6.02. The van der Waals surface area contributed by atoms with Gasteiger partial charge in [0.15, 0.2) is 0 Å². The van der Waals surface area contributed by atoms with Crippen molar-refractivity contribution in [1.82, 2.24) is 4.31 Å². The van der Waals surface area contributed by atoms with Gasteiger partial charge in [-0.1, -0.05) is 59.6 Å². The van der Waals surface area contributed by atoms with E-state index in [4.69, 9.17) is 27.9 Å². The predicted molar refractivity (Wildman–Crippen MR) is 101 cm³/mol. The van der Waals surface area contributed by atoms with Crippen LogP contribution in [0.25, 0.3) is 0 Å². The largest absolute Gasteiger partial charge is 0.379 e. The Morgan fingerprint density at radius 2 is 1.88 bits per heavy atom. The van der Waals surface area contributed by atoms with Gasteiger partial charge in [-0.05, 0) is 29.7 Å². The first-order valence-electron chi connectivity index (χ1n) is 8.01. The lowest BCUT2D eigenvalue weighted by Gasteiger charge is -2.28. The predicted octanol–water partition coefficient (Wildman–Crippen LogP) is 3.77. The van der Waals surface area contributed by atoms with Crippen LogP contribution >= 0.6 is 23.2 Å². The molecule has 25 heavy (non-hydrogen) atoms. The summed E-state index contributed by atoms with van der Waals surface area (Å²) < 4.78 is 32.6. The molecule has 2 aromatic rings. The summed E-state index contributed by atoms with van der Waals surface area (Å²) in [6.07, 6.45) is 0.589. The van der Waals surface area contributed by atoms with Crippen molar-refractivity contribution in [2.24, 2.45) is 0 Å². The SMILES string of the molecule is O=S1(=O)CCOC[C@H](Cc2ccccc2)N1Cc1ccc(Cl)cc1Cl. The lowest BCUT2D eigenvalue weighted by molar-refractivity contribution is 0.109. The summed E-state index contributed by atoms with van der Waals surface area (Å²) in [5, 5.41) is 0.989. The normalized spacial score (nSPS) is 21.0. The van der Waals surface area contributed by atoms with Crippen LogP contribution < -0.4 is 0 Å². The molecule has 0 unspecified atom stereocenters. The van der Waals surface area contributed by atoms with Crippen molar-refractivity contribution in [2.75, 3.05) is 19.0 Å². The number of benzene rings is 2. The lowest BCUT2D eigenvalue weighted by atomic mass is 10.1. The molecule has 1 saturated heterocycles. The van der Waals surface area contributed by atoms with Crippen molar-refractivity contribution >= 4 is 33.2 Å². The standard InChI is InChI=1S/C18H19Cl2NO3S/c19-16-7-6-15(18(20)11-16)12-21-17(10-14-4-2-1-3-5-14)13-24-8-9-25(21,22)23/h1-7,11,17H,8-10,12-13H2/t17-/m0/s1. The van der Waals surface area contributed by atoms with Crippen molar-refractivity contribution in [3.8, 4) is 0 Å². The summed E-state index contributed by atoms with van der Waals surface area (Å²) in [7, 11) is -3.44. The van der Waals surface area contributed by atoms with E-state index in [1.165, 1.54) is 4.31 Å². The van der Waals surface area contributed by atoms with Crippen molar-refractivity contribution in [3.63, 3.8) is 0 Å². The number of ether oxygens (including phenoxy) is 1. The van der Waals surface area contributed by atoms with E-state index < -0.39 is 10.0 Å². The molecule has 0 amide bonds. The first kappa shape index (κ1) is 18.7. The van der Waals surface area contributed by atoms with Gasteiger partial charge in [0.05, 0.1) is 25.0 Å². The van der Waals surface area contributed by atoms with Crippen molar-refractivity contribution in [1.29, 1.82) is 0 Å². The Morgan fingerprint density at radius 3 is 2.60 bits per heavy atom. The maximum atomic E-state index is 12.8. The third-order valence-electron chi connectivity index (χ3n) is 4.22. The van der Waals surface area contributed by atoms with Gasteiger partial charge in [0.25, 0.3) is 0 Å². The van der Waals surface area contributed by atoms with Crippen LogP contribution in [0.1, 0.15) is 11.1 Å². The van der Waals surface area contributed by atoms with Crippen LogP contribution in [0.15, 0.2) is 48.5 Å². The summed E-state index contributed by atoms with van der Waals surface area (Å²) in [6.45, 7) is 0.775. The average Bonchev–Trinajstić information content (AvgIpc) is 2.70. The van der Waals surface area contributed by atoms with E-state index in [-0.39, 0.29) is 24.9 Å². The van der Waals surface area contributed by atoms with Crippen LogP contribution in [0.4, 0.5) is 0 Å². The highest BCUT2D eigenvalue weighted by atomic mass is 35.5. The van der Waals surface area contributed by atoms with Gasteiger partial charge in [-0.15, -0.1) is 0 Å². The zero-order valence-corrected chi connectivity index (χ0v) is 15.9. The molecule has 2 aromatic carbocycles. The van der Waals surface area contributed by atoms with Crippen molar-refractivity contribution < 1.29 is 13.2 Å². The van der Waals surface area contributed by atoms with E-state index in [2.05, 4.69) is 0 Å². The molecule has 7 heteroatoms. The number of halogens is 2.